The van der Waals surface area contributed by atoms with Crippen LogP contribution < -0.4 is 0 Å². The van der Waals surface area contributed by atoms with Crippen LogP contribution in [0.5, 0.6) is 0 Å². The number of carbonyl (C=O) groups is 1. The normalized spacial score (nSPS) is 16.3. The van der Waals surface area contributed by atoms with Crippen LogP contribution in [-0.4, -0.2) is 52.7 Å². The molecule has 5 nitrogen and oxygen atoms in total. The maximum atomic E-state index is 13.0. The molecule has 0 bridgehead atoms. The Bertz CT molecular complexity index is 726. The first-order valence-corrected chi connectivity index (χ1v) is 8.41. The van der Waals surface area contributed by atoms with Crippen molar-refractivity contribution in [3.8, 4) is 0 Å². The van der Waals surface area contributed by atoms with Crippen LogP contribution in [0.3, 0.4) is 0 Å². The Morgan fingerprint density at radius 3 is 2.29 bits per heavy atom. The van der Waals surface area contributed by atoms with E-state index < -0.39 is 0 Å². The zero-order chi connectivity index (χ0) is 17.4. The summed E-state index contributed by atoms with van der Waals surface area (Å²) in [6, 6.07) is 10.4. The second-order valence-electron chi connectivity index (χ2n) is 7.05. The number of rotatable bonds is 4. The molecule has 24 heavy (non-hydrogen) atoms. The van der Waals surface area contributed by atoms with E-state index in [2.05, 4.69) is 54.0 Å². The number of nitrogens with zero attached hydrogens (tertiary/aromatic N) is 4. The highest BCUT2D eigenvalue weighted by Crippen LogP contribution is 2.28. The predicted octanol–water partition coefficient (Wildman–Crippen LogP) is 2.49. The number of aryl methyl sites for hydroxylation is 3. The van der Waals surface area contributed by atoms with E-state index >= 15 is 0 Å². The van der Waals surface area contributed by atoms with Crippen LogP contribution in [0.15, 0.2) is 30.3 Å². The van der Waals surface area contributed by atoms with E-state index in [1.54, 1.807) is 0 Å². The van der Waals surface area contributed by atoms with Crippen LogP contribution in [0.4, 0.5) is 0 Å². The number of carbonyl (C=O) groups excluding carboxylic acids is 1. The van der Waals surface area contributed by atoms with Crippen LogP contribution in [-0.2, 0) is 4.79 Å². The molecule has 3 rings (SSSR count). The Morgan fingerprint density at radius 2 is 1.79 bits per heavy atom. The molecule has 1 atom stereocenters. The topological polar surface area (TPSA) is 41.4 Å². The Labute approximate surface area is 143 Å². The van der Waals surface area contributed by atoms with Gasteiger partial charge >= 0.3 is 0 Å². The summed E-state index contributed by atoms with van der Waals surface area (Å²) in [6.45, 7) is 7.60. The summed E-state index contributed by atoms with van der Waals surface area (Å²) in [5, 5.41) is 4.54. The molecule has 0 radical (unpaired) electrons. The summed E-state index contributed by atoms with van der Waals surface area (Å²) in [5.74, 6) is 0.168. The van der Waals surface area contributed by atoms with Crippen LogP contribution in [0.1, 0.15) is 34.6 Å². The predicted molar refractivity (Wildman–Crippen MR) is 94.9 cm³/mol. The van der Waals surface area contributed by atoms with E-state index in [0.717, 1.165) is 30.0 Å². The molecule has 0 N–H and O–H groups in total. The van der Waals surface area contributed by atoms with Gasteiger partial charge in [0.25, 0.3) is 0 Å². The minimum absolute atomic E-state index is 0.168. The molecule has 1 aliphatic heterocycles. The molecule has 2 heterocycles. The van der Waals surface area contributed by atoms with Crippen LogP contribution >= 0.6 is 0 Å². The number of benzene rings is 1. The Balaban J connectivity index is 1.71. The van der Waals surface area contributed by atoms with Crippen molar-refractivity contribution in [1.29, 1.82) is 0 Å². The highest BCUT2D eigenvalue weighted by molar-refractivity contribution is 5.84. The smallest absolute Gasteiger partial charge is 0.244 e. The molecule has 1 fully saturated rings. The zero-order valence-electron chi connectivity index (χ0n) is 15.2. The molecule has 2 aromatic rings. The van der Waals surface area contributed by atoms with Crippen LogP contribution in [0, 0.1) is 20.8 Å². The fraction of sp³-hybridized carbons (Fsp3) is 0.474. The first kappa shape index (κ1) is 16.7. The minimum atomic E-state index is -0.230. The highest BCUT2D eigenvalue weighted by Gasteiger charge is 2.37. The van der Waals surface area contributed by atoms with Crippen molar-refractivity contribution in [1.82, 2.24) is 19.6 Å². The van der Waals surface area contributed by atoms with Crippen molar-refractivity contribution in [2.45, 2.75) is 32.9 Å². The fourth-order valence-corrected chi connectivity index (χ4v) is 3.39. The number of amides is 1. The lowest BCUT2D eigenvalue weighted by molar-refractivity contribution is -0.142. The lowest BCUT2D eigenvalue weighted by Crippen LogP contribution is -2.54. The molecule has 0 spiro atoms. The van der Waals surface area contributed by atoms with Crippen LogP contribution in [0.25, 0.3) is 0 Å². The average molecular weight is 326 g/mol. The molecule has 0 aliphatic carbocycles. The van der Waals surface area contributed by atoms with Gasteiger partial charge in [-0.2, -0.15) is 5.10 Å². The van der Waals surface area contributed by atoms with Crippen molar-refractivity contribution in [2.75, 3.05) is 27.2 Å². The lowest BCUT2D eigenvalue weighted by Gasteiger charge is -2.42. The van der Waals surface area contributed by atoms with Gasteiger partial charge in [0.15, 0.2) is 0 Å². The van der Waals surface area contributed by atoms with E-state index in [1.807, 2.05) is 30.8 Å². The van der Waals surface area contributed by atoms with Gasteiger partial charge in [-0.1, -0.05) is 29.8 Å². The number of likely N-dealkylation sites (tertiary alicyclic amines) is 1. The summed E-state index contributed by atoms with van der Waals surface area (Å²) in [4.78, 5) is 16.9. The van der Waals surface area contributed by atoms with Gasteiger partial charge in [-0.05, 0) is 46.5 Å². The van der Waals surface area contributed by atoms with E-state index in [-0.39, 0.29) is 11.9 Å². The molecular weight excluding hydrogens is 300 g/mol. The SMILES string of the molecule is Cc1ccc(C(C(=O)N2CC(n3nc(C)cc3C)C2)N(C)C)cc1. The number of hydrogen-bond acceptors (Lipinski definition) is 3. The second kappa shape index (κ2) is 6.40. The molecule has 1 amide bonds. The molecule has 1 aromatic carbocycles. The summed E-state index contributed by atoms with van der Waals surface area (Å²) >= 11 is 0. The monoisotopic (exact) mass is 326 g/mol. The van der Waals surface area contributed by atoms with Gasteiger partial charge in [0.2, 0.25) is 5.91 Å². The Morgan fingerprint density at radius 1 is 1.17 bits per heavy atom. The third-order valence-electron chi connectivity index (χ3n) is 4.71. The second-order valence-corrected chi connectivity index (χ2v) is 7.05. The fourth-order valence-electron chi connectivity index (χ4n) is 3.39. The minimum Gasteiger partial charge on any atom is -0.337 e. The molecular formula is C19H26N4O. The van der Waals surface area contributed by atoms with Crippen molar-refractivity contribution < 1.29 is 4.79 Å². The van der Waals surface area contributed by atoms with Crippen LogP contribution in [0.2, 0.25) is 0 Å². The highest BCUT2D eigenvalue weighted by atomic mass is 16.2. The van der Waals surface area contributed by atoms with E-state index in [4.69, 9.17) is 0 Å². The summed E-state index contributed by atoms with van der Waals surface area (Å²) in [7, 11) is 3.92. The number of hydrogen-bond donors (Lipinski definition) is 0. The standard InChI is InChI=1S/C19H26N4O/c1-13-6-8-16(9-7-13)18(21(4)5)19(24)22-11-17(12-22)23-15(3)10-14(2)20-23/h6-10,17-18H,11-12H2,1-5H3. The number of aromatic nitrogens is 2. The molecule has 128 valence electrons. The van der Waals surface area contributed by atoms with E-state index in [1.165, 1.54) is 5.56 Å². The lowest BCUT2D eigenvalue weighted by atomic mass is 10.00. The van der Waals surface area contributed by atoms with Gasteiger partial charge in [0.05, 0.1) is 11.7 Å². The quantitative estimate of drug-likeness (QED) is 0.867. The maximum Gasteiger partial charge on any atom is 0.244 e. The van der Waals surface area contributed by atoms with E-state index in [9.17, 15) is 4.79 Å². The third-order valence-corrected chi connectivity index (χ3v) is 4.71. The zero-order valence-corrected chi connectivity index (χ0v) is 15.2. The van der Waals surface area contributed by atoms with Crippen molar-refractivity contribution in [2.24, 2.45) is 0 Å². The van der Waals surface area contributed by atoms with Gasteiger partial charge in [0, 0.05) is 18.8 Å². The first-order chi connectivity index (χ1) is 11.4. The van der Waals surface area contributed by atoms with E-state index in [0.29, 0.717) is 6.04 Å². The number of likely N-dealkylation sites (N-methyl/N-ethyl adjacent to an activating group) is 1. The summed E-state index contributed by atoms with van der Waals surface area (Å²) < 4.78 is 2.05. The molecule has 0 saturated carbocycles. The first-order valence-electron chi connectivity index (χ1n) is 8.41. The van der Waals surface area contributed by atoms with Gasteiger partial charge in [0.1, 0.15) is 6.04 Å². The van der Waals surface area contributed by atoms with Gasteiger partial charge in [-0.3, -0.25) is 14.4 Å². The molecule has 1 aliphatic rings. The van der Waals surface area contributed by atoms with Gasteiger partial charge in [-0.15, -0.1) is 0 Å². The van der Waals surface area contributed by atoms with Gasteiger partial charge in [-0.25, -0.2) is 0 Å². The third kappa shape index (κ3) is 3.08. The molecule has 1 aromatic heterocycles. The molecule has 1 saturated heterocycles. The Hall–Kier alpha value is -2.14. The molecule has 1 unspecified atom stereocenters. The Kier molecular flexibility index (Phi) is 4.45. The average Bonchev–Trinajstić information content (AvgIpc) is 2.78. The maximum absolute atomic E-state index is 13.0. The molecule has 5 heteroatoms. The summed E-state index contributed by atoms with van der Waals surface area (Å²) in [6.07, 6.45) is 0. The summed E-state index contributed by atoms with van der Waals surface area (Å²) in [5.41, 5.74) is 4.44. The van der Waals surface area contributed by atoms with Crippen molar-refractivity contribution in [3.63, 3.8) is 0 Å². The largest absolute Gasteiger partial charge is 0.337 e. The van der Waals surface area contributed by atoms with Crippen molar-refractivity contribution in [3.05, 3.63) is 52.8 Å². The van der Waals surface area contributed by atoms with Gasteiger partial charge < -0.3 is 4.90 Å². The van der Waals surface area contributed by atoms with Crippen molar-refractivity contribution >= 4 is 5.91 Å².